The summed E-state index contributed by atoms with van der Waals surface area (Å²) in [6, 6.07) is 5.34. The third kappa shape index (κ3) is 4.48. The zero-order chi connectivity index (χ0) is 14.6. The Balaban J connectivity index is 2.87. The minimum absolute atomic E-state index is 0.0351. The second kappa shape index (κ2) is 7.27. The van der Waals surface area contributed by atoms with Crippen molar-refractivity contribution in [3.05, 3.63) is 33.3 Å². The van der Waals surface area contributed by atoms with Crippen molar-refractivity contribution in [1.29, 1.82) is 0 Å². The van der Waals surface area contributed by atoms with Gasteiger partial charge >= 0.3 is 5.97 Å². The van der Waals surface area contributed by atoms with E-state index in [0.717, 1.165) is 10.0 Å². The molecule has 0 spiro atoms. The Morgan fingerprint density at radius 2 is 2.00 bits per heavy atom. The Hall–Kier alpha value is -0.580. The van der Waals surface area contributed by atoms with E-state index >= 15 is 0 Å². The first-order chi connectivity index (χ1) is 8.86. The molecule has 1 unspecified atom stereocenters. The van der Waals surface area contributed by atoms with E-state index in [9.17, 15) is 4.79 Å². The number of carbonyl (C=O) groups excluding carboxylic acids is 1. The number of benzene rings is 1. The van der Waals surface area contributed by atoms with Gasteiger partial charge in [0.25, 0.3) is 0 Å². The molecule has 0 fully saturated rings. The molecule has 3 nitrogen and oxygen atoms in total. The Morgan fingerprint density at radius 1 is 1.37 bits per heavy atom. The third-order valence-corrected chi connectivity index (χ3v) is 3.80. The fraction of sp³-hybridized carbons (Fsp3) is 0.500. The Bertz CT molecular complexity index is 451. The quantitative estimate of drug-likeness (QED) is 0.819. The van der Waals surface area contributed by atoms with Crippen LogP contribution in [0.2, 0.25) is 5.02 Å². The summed E-state index contributed by atoms with van der Waals surface area (Å²) < 4.78 is 5.75. The first kappa shape index (κ1) is 16.5. The van der Waals surface area contributed by atoms with Gasteiger partial charge in [0.05, 0.1) is 7.11 Å². The molecule has 1 aromatic rings. The maximum Gasteiger partial charge on any atom is 0.323 e. The summed E-state index contributed by atoms with van der Waals surface area (Å²) in [5, 5.41) is 3.94. The van der Waals surface area contributed by atoms with Crippen LogP contribution in [0.3, 0.4) is 0 Å². The van der Waals surface area contributed by atoms with Crippen LogP contribution in [-0.2, 0) is 9.53 Å². The van der Waals surface area contributed by atoms with Crippen LogP contribution in [0.1, 0.15) is 32.4 Å². The zero-order valence-corrected chi connectivity index (χ0v) is 13.9. The second-order valence-electron chi connectivity index (χ2n) is 4.80. The van der Waals surface area contributed by atoms with Crippen molar-refractivity contribution >= 4 is 33.5 Å². The molecule has 2 atom stereocenters. The van der Waals surface area contributed by atoms with E-state index in [1.807, 2.05) is 39.0 Å². The molecule has 1 N–H and O–H groups in total. The monoisotopic (exact) mass is 347 g/mol. The molecule has 0 aliphatic heterocycles. The van der Waals surface area contributed by atoms with E-state index in [0.29, 0.717) is 5.02 Å². The molecule has 0 amide bonds. The number of rotatable bonds is 5. The molecule has 0 saturated carbocycles. The second-order valence-corrected chi connectivity index (χ2v) is 6.12. The van der Waals surface area contributed by atoms with E-state index in [1.54, 1.807) is 0 Å². The number of methoxy groups -OCH3 is 1. The number of esters is 1. The number of hydrogen-bond acceptors (Lipinski definition) is 3. The lowest BCUT2D eigenvalue weighted by Gasteiger charge is -2.25. The number of nitrogens with one attached hydrogen (secondary N) is 1. The van der Waals surface area contributed by atoms with Crippen LogP contribution in [0.15, 0.2) is 22.7 Å². The predicted octanol–water partition coefficient (Wildman–Crippen LogP) is 3.95. The topological polar surface area (TPSA) is 38.3 Å². The van der Waals surface area contributed by atoms with Gasteiger partial charge in [-0.15, -0.1) is 0 Å². The van der Waals surface area contributed by atoms with Crippen molar-refractivity contribution < 1.29 is 9.53 Å². The molecule has 0 radical (unpaired) electrons. The average Bonchev–Trinajstić information content (AvgIpc) is 2.34. The zero-order valence-electron chi connectivity index (χ0n) is 11.5. The molecule has 0 saturated heterocycles. The van der Waals surface area contributed by atoms with E-state index in [-0.39, 0.29) is 24.0 Å². The molecule has 0 aliphatic carbocycles. The fourth-order valence-corrected chi connectivity index (χ4v) is 2.71. The smallest absolute Gasteiger partial charge is 0.323 e. The minimum atomic E-state index is -0.347. The van der Waals surface area contributed by atoms with Gasteiger partial charge in [-0.25, -0.2) is 0 Å². The summed E-state index contributed by atoms with van der Waals surface area (Å²) in [5.74, 6) is -0.112. The molecular formula is C14H19BrClNO2. The lowest BCUT2D eigenvalue weighted by atomic mass is 10.0. The van der Waals surface area contributed by atoms with Gasteiger partial charge in [0.1, 0.15) is 6.04 Å². The molecule has 1 aromatic carbocycles. The Morgan fingerprint density at radius 3 is 2.47 bits per heavy atom. The van der Waals surface area contributed by atoms with Gasteiger partial charge in [0.2, 0.25) is 0 Å². The summed E-state index contributed by atoms with van der Waals surface area (Å²) in [5.41, 5.74) is 0.958. The lowest BCUT2D eigenvalue weighted by molar-refractivity contribution is -0.144. The molecule has 0 aromatic heterocycles. The van der Waals surface area contributed by atoms with E-state index < -0.39 is 0 Å². The summed E-state index contributed by atoms with van der Waals surface area (Å²) in [4.78, 5) is 11.7. The van der Waals surface area contributed by atoms with Gasteiger partial charge in [-0.3, -0.25) is 10.1 Å². The predicted molar refractivity (Wildman–Crippen MR) is 81.3 cm³/mol. The molecule has 5 heteroatoms. The van der Waals surface area contributed by atoms with Crippen molar-refractivity contribution in [3.63, 3.8) is 0 Å². The van der Waals surface area contributed by atoms with Crippen LogP contribution in [0.5, 0.6) is 0 Å². The lowest BCUT2D eigenvalue weighted by Crippen LogP contribution is -2.43. The van der Waals surface area contributed by atoms with Crippen molar-refractivity contribution in [1.82, 2.24) is 5.32 Å². The van der Waals surface area contributed by atoms with Crippen LogP contribution >= 0.6 is 27.5 Å². The Labute approximate surface area is 127 Å². The van der Waals surface area contributed by atoms with Gasteiger partial charge in [-0.1, -0.05) is 47.4 Å². The van der Waals surface area contributed by atoms with Crippen molar-refractivity contribution in [2.24, 2.45) is 5.92 Å². The molecule has 19 heavy (non-hydrogen) atoms. The maximum absolute atomic E-state index is 11.7. The summed E-state index contributed by atoms with van der Waals surface area (Å²) in [7, 11) is 1.40. The summed E-state index contributed by atoms with van der Waals surface area (Å²) in [6.45, 7) is 5.93. The third-order valence-electron chi connectivity index (χ3n) is 2.98. The van der Waals surface area contributed by atoms with Crippen LogP contribution in [0.25, 0.3) is 0 Å². The first-order valence-corrected chi connectivity index (χ1v) is 7.32. The van der Waals surface area contributed by atoms with Crippen LogP contribution in [0.4, 0.5) is 0 Å². The average molecular weight is 349 g/mol. The number of ether oxygens (including phenoxy) is 1. The molecule has 0 heterocycles. The highest BCUT2D eigenvalue weighted by Crippen LogP contribution is 2.27. The van der Waals surface area contributed by atoms with Crippen molar-refractivity contribution in [3.8, 4) is 0 Å². The molecule has 1 rings (SSSR count). The molecule has 0 bridgehead atoms. The van der Waals surface area contributed by atoms with Crippen molar-refractivity contribution in [2.45, 2.75) is 32.9 Å². The first-order valence-electron chi connectivity index (χ1n) is 6.15. The largest absolute Gasteiger partial charge is 0.468 e. The minimum Gasteiger partial charge on any atom is -0.468 e. The number of carbonyl (C=O) groups is 1. The summed E-state index contributed by atoms with van der Waals surface area (Å²) >= 11 is 9.59. The maximum atomic E-state index is 11.7. The van der Waals surface area contributed by atoms with E-state index in [1.165, 1.54) is 7.11 Å². The van der Waals surface area contributed by atoms with Crippen molar-refractivity contribution in [2.75, 3.05) is 7.11 Å². The standard InChI is InChI=1S/C14H19BrClNO2/c1-8(2)13(14(18)19-4)17-9(3)11-6-5-10(15)7-12(11)16/h5-9,13,17H,1-4H3/t9?,13-/m0/s1. The van der Waals surface area contributed by atoms with Gasteiger partial charge in [0.15, 0.2) is 0 Å². The van der Waals surface area contributed by atoms with Gasteiger partial charge in [-0.2, -0.15) is 0 Å². The SMILES string of the molecule is COC(=O)[C@@H](NC(C)c1ccc(Br)cc1Cl)C(C)C. The van der Waals surface area contributed by atoms with E-state index in [4.69, 9.17) is 16.3 Å². The molecule has 0 aliphatic rings. The van der Waals surface area contributed by atoms with Gasteiger partial charge in [-0.05, 0) is 30.5 Å². The number of halogens is 2. The van der Waals surface area contributed by atoms with Crippen LogP contribution < -0.4 is 5.32 Å². The highest BCUT2D eigenvalue weighted by atomic mass is 79.9. The molecule has 106 valence electrons. The molecular weight excluding hydrogens is 330 g/mol. The summed E-state index contributed by atoms with van der Waals surface area (Å²) in [6.07, 6.45) is 0. The highest BCUT2D eigenvalue weighted by molar-refractivity contribution is 9.10. The van der Waals surface area contributed by atoms with E-state index in [2.05, 4.69) is 21.2 Å². The Kier molecular flexibility index (Phi) is 6.30. The fourth-order valence-electron chi connectivity index (χ4n) is 1.87. The highest BCUT2D eigenvalue weighted by Gasteiger charge is 2.25. The van der Waals surface area contributed by atoms with Gasteiger partial charge in [0, 0.05) is 15.5 Å². The van der Waals surface area contributed by atoms with Crippen LogP contribution in [0, 0.1) is 5.92 Å². The van der Waals surface area contributed by atoms with Crippen LogP contribution in [-0.4, -0.2) is 19.1 Å². The van der Waals surface area contributed by atoms with Gasteiger partial charge < -0.3 is 4.74 Å². The number of hydrogen-bond donors (Lipinski definition) is 1. The normalized spacial score (nSPS) is 14.3.